The second-order valence-electron chi connectivity index (χ2n) is 5.54. The number of halogens is 1. The fourth-order valence-corrected chi connectivity index (χ4v) is 3.03. The van der Waals surface area contributed by atoms with E-state index in [1.54, 1.807) is 18.2 Å². The Kier molecular flexibility index (Phi) is 5.88. The monoisotopic (exact) mass is 310 g/mol. The lowest BCUT2D eigenvalue weighted by atomic mass is 9.83. The van der Waals surface area contributed by atoms with Crippen molar-refractivity contribution in [3.05, 3.63) is 23.2 Å². The van der Waals surface area contributed by atoms with E-state index in [0.29, 0.717) is 29.5 Å². The minimum atomic E-state index is -0.00224. The third-order valence-electron chi connectivity index (χ3n) is 3.93. The number of hydrogen-bond donors (Lipinski definition) is 2. The van der Waals surface area contributed by atoms with E-state index in [0.717, 1.165) is 12.8 Å². The van der Waals surface area contributed by atoms with E-state index in [1.807, 2.05) is 6.92 Å². The van der Waals surface area contributed by atoms with Crippen molar-refractivity contribution in [2.24, 2.45) is 11.7 Å². The maximum Gasteiger partial charge on any atom is 0.224 e. The topological polar surface area (TPSA) is 64.3 Å². The molecular formula is C16H23ClN2O2. The minimum absolute atomic E-state index is 0.00224. The van der Waals surface area contributed by atoms with Gasteiger partial charge in [0.25, 0.3) is 0 Å². The maximum absolute atomic E-state index is 12.1. The van der Waals surface area contributed by atoms with Crippen LogP contribution in [-0.4, -0.2) is 18.6 Å². The number of carbonyl (C=O) groups is 1. The van der Waals surface area contributed by atoms with Crippen molar-refractivity contribution < 1.29 is 9.53 Å². The van der Waals surface area contributed by atoms with Crippen LogP contribution in [0, 0.1) is 5.92 Å². The molecule has 0 radical (unpaired) electrons. The number of carbonyl (C=O) groups excluding carboxylic acids is 1. The highest BCUT2D eigenvalue weighted by Gasteiger charge is 2.24. The highest BCUT2D eigenvalue weighted by molar-refractivity contribution is 6.32. The molecule has 116 valence electrons. The fraction of sp³-hybridized carbons (Fsp3) is 0.562. The lowest BCUT2D eigenvalue weighted by Gasteiger charge is -2.27. The summed E-state index contributed by atoms with van der Waals surface area (Å²) in [5, 5.41) is 3.39. The molecule has 1 saturated carbocycles. The summed E-state index contributed by atoms with van der Waals surface area (Å²) >= 11 is 6.11. The molecule has 5 heteroatoms. The quantitative estimate of drug-likeness (QED) is 0.873. The first kappa shape index (κ1) is 16.1. The van der Waals surface area contributed by atoms with Crippen molar-refractivity contribution in [1.82, 2.24) is 0 Å². The zero-order valence-electron chi connectivity index (χ0n) is 12.4. The molecule has 1 fully saturated rings. The normalized spacial score (nSPS) is 21.9. The zero-order chi connectivity index (χ0) is 15.2. The number of amides is 1. The Bertz CT molecular complexity index is 493. The van der Waals surface area contributed by atoms with Gasteiger partial charge in [-0.15, -0.1) is 0 Å². The van der Waals surface area contributed by atoms with Crippen LogP contribution in [-0.2, 0) is 4.79 Å². The van der Waals surface area contributed by atoms with Crippen LogP contribution >= 0.6 is 11.6 Å². The van der Waals surface area contributed by atoms with Crippen LogP contribution in [0.3, 0.4) is 0 Å². The van der Waals surface area contributed by atoms with Crippen LogP contribution in [0.5, 0.6) is 5.75 Å². The predicted octanol–water partition coefficient (Wildman–Crippen LogP) is 3.58. The molecule has 1 aliphatic rings. The molecule has 3 N–H and O–H groups in total. The summed E-state index contributed by atoms with van der Waals surface area (Å²) in [6.45, 7) is 2.46. The Balaban J connectivity index is 1.91. The Morgan fingerprint density at radius 2 is 2.19 bits per heavy atom. The average Bonchev–Trinajstić information content (AvgIpc) is 2.44. The molecule has 0 saturated heterocycles. The predicted molar refractivity (Wildman–Crippen MR) is 85.8 cm³/mol. The van der Waals surface area contributed by atoms with Crippen molar-refractivity contribution in [3.63, 3.8) is 0 Å². The molecule has 0 aliphatic heterocycles. The van der Waals surface area contributed by atoms with Crippen LogP contribution in [0.4, 0.5) is 5.69 Å². The average molecular weight is 311 g/mol. The molecule has 2 unspecified atom stereocenters. The third kappa shape index (κ3) is 4.61. The van der Waals surface area contributed by atoms with Gasteiger partial charge in [0, 0.05) is 18.2 Å². The van der Waals surface area contributed by atoms with Gasteiger partial charge < -0.3 is 15.8 Å². The second-order valence-corrected chi connectivity index (χ2v) is 5.95. The molecule has 0 heterocycles. The minimum Gasteiger partial charge on any atom is -0.492 e. The number of rotatable bonds is 5. The largest absolute Gasteiger partial charge is 0.492 e. The fourth-order valence-electron chi connectivity index (χ4n) is 2.79. The number of benzene rings is 1. The molecule has 2 atom stereocenters. The summed E-state index contributed by atoms with van der Waals surface area (Å²) in [5.41, 5.74) is 6.77. The first-order valence-electron chi connectivity index (χ1n) is 7.58. The number of anilines is 1. The summed E-state index contributed by atoms with van der Waals surface area (Å²) in [6.07, 6.45) is 4.88. The van der Waals surface area contributed by atoms with Crippen molar-refractivity contribution in [2.75, 3.05) is 11.9 Å². The van der Waals surface area contributed by atoms with E-state index >= 15 is 0 Å². The molecule has 1 amide bonds. The van der Waals surface area contributed by atoms with Gasteiger partial charge in [-0.3, -0.25) is 4.79 Å². The molecule has 1 aromatic carbocycles. The lowest BCUT2D eigenvalue weighted by Crippen LogP contribution is -2.35. The Hall–Kier alpha value is -1.26. The summed E-state index contributed by atoms with van der Waals surface area (Å²) in [5.74, 6) is 0.918. The van der Waals surface area contributed by atoms with Gasteiger partial charge in [0.15, 0.2) is 0 Å². The van der Waals surface area contributed by atoms with Gasteiger partial charge in [0.1, 0.15) is 5.75 Å². The number of ether oxygens (including phenoxy) is 1. The number of nitrogens with one attached hydrogen (secondary N) is 1. The van der Waals surface area contributed by atoms with Gasteiger partial charge in [0.2, 0.25) is 5.91 Å². The Labute approximate surface area is 131 Å². The molecule has 1 aromatic rings. The summed E-state index contributed by atoms with van der Waals surface area (Å²) in [7, 11) is 0. The number of nitrogens with two attached hydrogens (primary N) is 1. The van der Waals surface area contributed by atoms with Crippen molar-refractivity contribution in [2.45, 2.75) is 45.1 Å². The van der Waals surface area contributed by atoms with Crippen LogP contribution in [0.25, 0.3) is 0 Å². The van der Waals surface area contributed by atoms with Crippen LogP contribution in [0.2, 0.25) is 5.02 Å². The van der Waals surface area contributed by atoms with Crippen molar-refractivity contribution in [3.8, 4) is 5.75 Å². The highest BCUT2D eigenvalue weighted by atomic mass is 35.5. The van der Waals surface area contributed by atoms with E-state index in [9.17, 15) is 4.79 Å². The summed E-state index contributed by atoms with van der Waals surface area (Å²) < 4.78 is 5.37. The van der Waals surface area contributed by atoms with Crippen molar-refractivity contribution in [1.29, 1.82) is 0 Å². The zero-order valence-corrected chi connectivity index (χ0v) is 13.2. The first-order valence-corrected chi connectivity index (χ1v) is 7.95. The third-order valence-corrected chi connectivity index (χ3v) is 4.23. The van der Waals surface area contributed by atoms with Crippen LogP contribution in [0.1, 0.15) is 39.0 Å². The van der Waals surface area contributed by atoms with Crippen LogP contribution < -0.4 is 15.8 Å². The Morgan fingerprint density at radius 3 is 2.86 bits per heavy atom. The molecular weight excluding hydrogens is 288 g/mol. The van der Waals surface area contributed by atoms with Gasteiger partial charge in [-0.1, -0.05) is 24.4 Å². The molecule has 0 spiro atoms. The van der Waals surface area contributed by atoms with E-state index in [1.165, 1.54) is 12.8 Å². The molecule has 0 aromatic heterocycles. The smallest absolute Gasteiger partial charge is 0.224 e. The Morgan fingerprint density at radius 1 is 1.43 bits per heavy atom. The van der Waals surface area contributed by atoms with E-state index in [2.05, 4.69) is 5.32 Å². The van der Waals surface area contributed by atoms with Gasteiger partial charge in [-0.2, -0.15) is 0 Å². The molecule has 1 aliphatic carbocycles. The summed E-state index contributed by atoms with van der Waals surface area (Å²) in [4.78, 5) is 12.1. The molecule has 4 nitrogen and oxygen atoms in total. The van der Waals surface area contributed by atoms with E-state index < -0.39 is 0 Å². The maximum atomic E-state index is 12.1. The van der Waals surface area contributed by atoms with Gasteiger partial charge in [-0.05, 0) is 43.9 Å². The summed E-state index contributed by atoms with van der Waals surface area (Å²) in [6, 6.07) is 5.43. The lowest BCUT2D eigenvalue weighted by molar-refractivity contribution is -0.117. The molecule has 21 heavy (non-hydrogen) atoms. The van der Waals surface area contributed by atoms with Gasteiger partial charge in [0.05, 0.1) is 11.6 Å². The van der Waals surface area contributed by atoms with Gasteiger partial charge >= 0.3 is 0 Å². The standard InChI is InChI=1S/C16H23ClN2O2/c1-2-21-15-8-7-12(10-13(15)17)19-16(20)9-11-5-3-4-6-14(11)18/h7-8,10-11,14H,2-6,9,18H2,1H3,(H,19,20). The molecule has 2 rings (SSSR count). The van der Waals surface area contributed by atoms with E-state index in [4.69, 9.17) is 22.1 Å². The van der Waals surface area contributed by atoms with Crippen LogP contribution in [0.15, 0.2) is 18.2 Å². The van der Waals surface area contributed by atoms with Gasteiger partial charge in [-0.25, -0.2) is 0 Å². The highest BCUT2D eigenvalue weighted by Crippen LogP contribution is 2.29. The first-order chi connectivity index (χ1) is 10.1. The van der Waals surface area contributed by atoms with E-state index in [-0.39, 0.29) is 17.9 Å². The second kappa shape index (κ2) is 7.66. The SMILES string of the molecule is CCOc1ccc(NC(=O)CC2CCCCC2N)cc1Cl. The molecule has 0 bridgehead atoms. The van der Waals surface area contributed by atoms with Crippen molar-refractivity contribution >= 4 is 23.2 Å². The number of hydrogen-bond acceptors (Lipinski definition) is 3.